The summed E-state index contributed by atoms with van der Waals surface area (Å²) in [6.45, 7) is 8.48. The molecule has 24 heavy (non-hydrogen) atoms. The first kappa shape index (κ1) is 18.3. The summed E-state index contributed by atoms with van der Waals surface area (Å²) in [5.74, 6) is 0.331. The van der Waals surface area contributed by atoms with Crippen LogP contribution >= 0.6 is 0 Å². The molecule has 0 aliphatic carbocycles. The number of rotatable bonds is 5. The van der Waals surface area contributed by atoms with E-state index in [1.807, 2.05) is 33.8 Å². The summed E-state index contributed by atoms with van der Waals surface area (Å²) in [5, 5.41) is 13.0. The lowest BCUT2D eigenvalue weighted by molar-refractivity contribution is -0.136. The zero-order valence-corrected chi connectivity index (χ0v) is 15.1. The van der Waals surface area contributed by atoms with Gasteiger partial charge in [-0.3, -0.25) is 9.59 Å². The molecule has 1 fully saturated rings. The summed E-state index contributed by atoms with van der Waals surface area (Å²) in [7, 11) is 0. The third-order valence-electron chi connectivity index (χ3n) is 4.59. The largest absolute Gasteiger partial charge is 0.508 e. The monoisotopic (exact) mass is 332 g/mol. The minimum atomic E-state index is -0.389. The number of carbonyl (C=O) groups excluding carboxylic acids is 2. The number of phenolic OH excluding ortho intramolecular Hbond substituents is 1. The summed E-state index contributed by atoms with van der Waals surface area (Å²) in [6.07, 6.45) is 2.84. The molecular formula is C19H28N2O3. The van der Waals surface area contributed by atoms with Crippen molar-refractivity contribution in [2.75, 3.05) is 11.9 Å². The number of phenols is 1. The second-order valence-corrected chi connectivity index (χ2v) is 6.87. The molecule has 1 atom stereocenters. The third-order valence-corrected chi connectivity index (χ3v) is 4.59. The van der Waals surface area contributed by atoms with E-state index in [4.69, 9.17) is 0 Å². The summed E-state index contributed by atoms with van der Waals surface area (Å²) in [6, 6.07) is 3.12. The number of anilines is 1. The molecule has 132 valence electrons. The van der Waals surface area contributed by atoms with Gasteiger partial charge in [-0.1, -0.05) is 20.8 Å². The lowest BCUT2D eigenvalue weighted by Gasteiger charge is -2.24. The molecule has 1 aliphatic rings. The molecule has 1 aliphatic heterocycles. The molecule has 2 N–H and O–H groups in total. The number of likely N-dealkylation sites (tertiary alicyclic amines) is 1. The van der Waals surface area contributed by atoms with Gasteiger partial charge in [0, 0.05) is 18.7 Å². The summed E-state index contributed by atoms with van der Waals surface area (Å²) in [5.41, 5.74) is 2.33. The van der Waals surface area contributed by atoms with Crippen LogP contribution in [0.5, 0.6) is 5.75 Å². The maximum absolute atomic E-state index is 12.7. The maximum atomic E-state index is 12.7. The molecule has 0 radical (unpaired) electrons. The van der Waals surface area contributed by atoms with Crippen LogP contribution in [-0.2, 0) is 9.59 Å². The molecule has 0 unspecified atom stereocenters. The zero-order chi connectivity index (χ0) is 17.9. The Balaban J connectivity index is 2.17. The number of aromatic hydroxyl groups is 1. The zero-order valence-electron chi connectivity index (χ0n) is 15.1. The van der Waals surface area contributed by atoms with Gasteiger partial charge in [0.05, 0.1) is 0 Å². The van der Waals surface area contributed by atoms with Crippen LogP contribution in [0.25, 0.3) is 0 Å². The van der Waals surface area contributed by atoms with Gasteiger partial charge in [-0.25, -0.2) is 0 Å². The van der Waals surface area contributed by atoms with Crippen molar-refractivity contribution in [3.63, 3.8) is 0 Å². The van der Waals surface area contributed by atoms with Crippen LogP contribution < -0.4 is 5.32 Å². The fraction of sp³-hybridized carbons (Fsp3) is 0.579. The van der Waals surface area contributed by atoms with Gasteiger partial charge in [-0.15, -0.1) is 0 Å². The molecule has 1 aromatic carbocycles. The van der Waals surface area contributed by atoms with E-state index in [1.54, 1.807) is 11.0 Å². The molecule has 0 saturated carbocycles. The van der Waals surface area contributed by atoms with E-state index in [0.717, 1.165) is 24.0 Å². The highest BCUT2D eigenvalue weighted by Crippen LogP contribution is 2.31. The van der Waals surface area contributed by atoms with Crippen LogP contribution in [0.4, 0.5) is 5.69 Å². The fourth-order valence-electron chi connectivity index (χ4n) is 3.22. The van der Waals surface area contributed by atoms with E-state index in [0.29, 0.717) is 25.1 Å². The molecule has 1 aromatic rings. The van der Waals surface area contributed by atoms with E-state index >= 15 is 0 Å². The SMILES string of the molecule is CCCC(=O)N1CCC[C@@H]1C(=O)Nc1cc(C(C)C)c(O)cc1C. The highest BCUT2D eigenvalue weighted by molar-refractivity contribution is 5.98. The molecular weight excluding hydrogens is 304 g/mol. The molecule has 2 amide bonds. The van der Waals surface area contributed by atoms with Gasteiger partial charge in [-0.2, -0.15) is 0 Å². The van der Waals surface area contributed by atoms with Crippen molar-refractivity contribution in [1.29, 1.82) is 0 Å². The number of nitrogens with zero attached hydrogens (tertiary/aromatic N) is 1. The Kier molecular flexibility index (Phi) is 5.86. The van der Waals surface area contributed by atoms with Crippen molar-refractivity contribution in [2.45, 2.75) is 65.3 Å². The van der Waals surface area contributed by atoms with E-state index in [2.05, 4.69) is 5.32 Å². The summed E-state index contributed by atoms with van der Waals surface area (Å²) >= 11 is 0. The van der Waals surface area contributed by atoms with Crippen molar-refractivity contribution >= 4 is 17.5 Å². The fourth-order valence-corrected chi connectivity index (χ4v) is 3.22. The Morgan fingerprint density at radius 1 is 1.38 bits per heavy atom. The Bertz CT molecular complexity index is 625. The standard InChI is InChI=1S/C19H28N2O3/c1-5-7-18(23)21-9-6-8-16(21)19(24)20-15-11-14(12(2)3)17(22)10-13(15)4/h10-12,16,22H,5-9H2,1-4H3,(H,20,24)/t16-/m1/s1. The van der Waals surface area contributed by atoms with Crippen molar-refractivity contribution in [3.8, 4) is 5.75 Å². The van der Waals surface area contributed by atoms with Gasteiger partial charge in [0.15, 0.2) is 0 Å². The lowest BCUT2D eigenvalue weighted by atomic mass is 9.99. The first-order valence-electron chi connectivity index (χ1n) is 8.79. The quantitative estimate of drug-likeness (QED) is 0.810. The predicted molar refractivity (Wildman–Crippen MR) is 95.2 cm³/mol. The van der Waals surface area contributed by atoms with Crippen molar-refractivity contribution in [1.82, 2.24) is 4.90 Å². The van der Waals surface area contributed by atoms with Gasteiger partial charge >= 0.3 is 0 Å². The number of amides is 2. The van der Waals surface area contributed by atoms with Crippen LogP contribution in [0, 0.1) is 6.92 Å². The molecule has 0 aromatic heterocycles. The number of nitrogens with one attached hydrogen (secondary N) is 1. The molecule has 5 heteroatoms. The third kappa shape index (κ3) is 3.89. The number of hydrogen-bond donors (Lipinski definition) is 2. The van der Waals surface area contributed by atoms with E-state index in [-0.39, 0.29) is 29.5 Å². The van der Waals surface area contributed by atoms with Crippen LogP contribution in [-0.4, -0.2) is 34.4 Å². The second-order valence-electron chi connectivity index (χ2n) is 6.87. The summed E-state index contributed by atoms with van der Waals surface area (Å²) < 4.78 is 0. The first-order chi connectivity index (χ1) is 11.3. The Morgan fingerprint density at radius 2 is 2.08 bits per heavy atom. The molecule has 2 rings (SSSR count). The highest BCUT2D eigenvalue weighted by atomic mass is 16.3. The highest BCUT2D eigenvalue weighted by Gasteiger charge is 2.33. The van der Waals surface area contributed by atoms with E-state index in [1.165, 1.54) is 0 Å². The van der Waals surface area contributed by atoms with Crippen molar-refractivity contribution < 1.29 is 14.7 Å². The van der Waals surface area contributed by atoms with Gasteiger partial charge in [0.1, 0.15) is 11.8 Å². The molecule has 0 spiro atoms. The molecule has 0 bridgehead atoms. The van der Waals surface area contributed by atoms with Crippen molar-refractivity contribution in [3.05, 3.63) is 23.3 Å². The van der Waals surface area contributed by atoms with Crippen LogP contribution in [0.15, 0.2) is 12.1 Å². The first-order valence-corrected chi connectivity index (χ1v) is 8.79. The van der Waals surface area contributed by atoms with Crippen molar-refractivity contribution in [2.24, 2.45) is 0 Å². The lowest BCUT2D eigenvalue weighted by Crippen LogP contribution is -2.43. The predicted octanol–water partition coefficient (Wildman–Crippen LogP) is 3.55. The average Bonchev–Trinajstić information content (AvgIpc) is 2.99. The van der Waals surface area contributed by atoms with Gasteiger partial charge in [0.2, 0.25) is 11.8 Å². The van der Waals surface area contributed by atoms with Crippen LogP contribution in [0.1, 0.15) is 63.5 Å². The van der Waals surface area contributed by atoms with Crippen LogP contribution in [0.2, 0.25) is 0 Å². The number of benzene rings is 1. The Labute approximate surface area is 144 Å². The Hall–Kier alpha value is -2.04. The van der Waals surface area contributed by atoms with E-state index < -0.39 is 0 Å². The summed E-state index contributed by atoms with van der Waals surface area (Å²) in [4.78, 5) is 26.6. The Morgan fingerprint density at radius 3 is 2.71 bits per heavy atom. The number of hydrogen-bond acceptors (Lipinski definition) is 3. The van der Waals surface area contributed by atoms with Gasteiger partial charge in [-0.05, 0) is 55.4 Å². The topological polar surface area (TPSA) is 69.6 Å². The molecule has 1 heterocycles. The molecule has 1 saturated heterocycles. The minimum Gasteiger partial charge on any atom is -0.508 e. The number of aryl methyl sites for hydroxylation is 1. The van der Waals surface area contributed by atoms with Gasteiger partial charge < -0.3 is 15.3 Å². The number of carbonyl (C=O) groups is 2. The second kappa shape index (κ2) is 7.69. The maximum Gasteiger partial charge on any atom is 0.247 e. The van der Waals surface area contributed by atoms with E-state index in [9.17, 15) is 14.7 Å². The van der Waals surface area contributed by atoms with Gasteiger partial charge in [0.25, 0.3) is 0 Å². The normalized spacial score (nSPS) is 17.4. The smallest absolute Gasteiger partial charge is 0.247 e. The molecule has 5 nitrogen and oxygen atoms in total. The van der Waals surface area contributed by atoms with Crippen LogP contribution in [0.3, 0.4) is 0 Å². The minimum absolute atomic E-state index is 0.0560. The average molecular weight is 332 g/mol.